The van der Waals surface area contributed by atoms with E-state index < -0.39 is 0 Å². The number of aromatic amines is 1. The number of piperazine rings is 1. The van der Waals surface area contributed by atoms with Gasteiger partial charge in [-0.05, 0) is 18.2 Å². The van der Waals surface area contributed by atoms with Gasteiger partial charge in [0.25, 0.3) is 5.56 Å². The van der Waals surface area contributed by atoms with E-state index in [1.165, 1.54) is 10.9 Å². The van der Waals surface area contributed by atoms with E-state index in [1.807, 2.05) is 24.3 Å². The van der Waals surface area contributed by atoms with Gasteiger partial charge in [0.05, 0.1) is 38.9 Å². The van der Waals surface area contributed by atoms with E-state index in [-0.39, 0.29) is 18.0 Å². The summed E-state index contributed by atoms with van der Waals surface area (Å²) < 4.78 is 17.5. The van der Waals surface area contributed by atoms with E-state index in [1.54, 1.807) is 38.4 Å². The molecule has 2 aromatic heterocycles. The summed E-state index contributed by atoms with van der Waals surface area (Å²) in [6.07, 6.45) is 1.43. The van der Waals surface area contributed by atoms with Crippen LogP contribution in [0.4, 0.5) is 5.69 Å². The molecule has 35 heavy (non-hydrogen) atoms. The first-order chi connectivity index (χ1) is 17.0. The minimum atomic E-state index is -0.301. The maximum Gasteiger partial charge on any atom is 0.278 e. The molecule has 0 aliphatic carbocycles. The Kier molecular flexibility index (Phi) is 5.94. The van der Waals surface area contributed by atoms with Crippen molar-refractivity contribution >= 4 is 33.5 Å². The van der Waals surface area contributed by atoms with Crippen molar-refractivity contribution in [2.45, 2.75) is 6.54 Å². The van der Waals surface area contributed by atoms with Crippen LogP contribution in [0, 0.1) is 0 Å². The monoisotopic (exact) mass is 477 g/mol. The van der Waals surface area contributed by atoms with E-state index in [9.17, 15) is 9.59 Å². The lowest BCUT2D eigenvalue weighted by molar-refractivity contribution is -0.132. The number of carbonyl (C=O) groups is 1. The van der Waals surface area contributed by atoms with Gasteiger partial charge in [-0.15, -0.1) is 0 Å². The molecule has 0 radical (unpaired) electrons. The van der Waals surface area contributed by atoms with E-state index >= 15 is 0 Å². The fraction of sp³-hybridized carbons (Fsp3) is 0.320. The van der Waals surface area contributed by atoms with Gasteiger partial charge in [-0.1, -0.05) is 12.1 Å². The maximum absolute atomic E-state index is 13.2. The Hall–Kier alpha value is -4.21. The molecule has 2 aromatic carbocycles. The number of ether oxygens (including phenoxy) is 3. The third-order valence-electron chi connectivity index (χ3n) is 6.44. The maximum atomic E-state index is 13.2. The molecule has 182 valence electrons. The molecule has 0 unspecified atom stereocenters. The molecular weight excluding hydrogens is 450 g/mol. The Morgan fingerprint density at radius 2 is 1.66 bits per heavy atom. The molecule has 3 heterocycles. The molecule has 1 amide bonds. The average molecular weight is 478 g/mol. The Balaban J connectivity index is 1.34. The number of anilines is 1. The summed E-state index contributed by atoms with van der Waals surface area (Å²) in [6.45, 7) is 2.42. The molecule has 10 nitrogen and oxygen atoms in total. The van der Waals surface area contributed by atoms with Crippen LogP contribution in [0.2, 0.25) is 0 Å². The number of methoxy groups -OCH3 is 3. The van der Waals surface area contributed by atoms with Crippen LogP contribution in [0.3, 0.4) is 0 Å². The topological polar surface area (TPSA) is 102 Å². The lowest BCUT2D eigenvalue weighted by atomic mass is 10.2. The third-order valence-corrected chi connectivity index (χ3v) is 6.44. The summed E-state index contributed by atoms with van der Waals surface area (Å²) >= 11 is 0. The highest BCUT2D eigenvalue weighted by Crippen LogP contribution is 2.34. The molecule has 1 fully saturated rings. The smallest absolute Gasteiger partial charge is 0.278 e. The van der Waals surface area contributed by atoms with Gasteiger partial charge in [0, 0.05) is 37.6 Å². The van der Waals surface area contributed by atoms with Crippen molar-refractivity contribution in [2.75, 3.05) is 52.4 Å². The van der Waals surface area contributed by atoms with Gasteiger partial charge < -0.3 is 29.0 Å². The van der Waals surface area contributed by atoms with Crippen LogP contribution in [0.1, 0.15) is 0 Å². The molecule has 5 rings (SSSR count). The highest BCUT2D eigenvalue weighted by molar-refractivity contribution is 6.05. The molecule has 0 bridgehead atoms. The van der Waals surface area contributed by atoms with Gasteiger partial charge in [0.1, 0.15) is 23.3 Å². The first kappa shape index (κ1) is 22.6. The van der Waals surface area contributed by atoms with Gasteiger partial charge in [0.2, 0.25) is 5.91 Å². The third kappa shape index (κ3) is 4.01. The van der Waals surface area contributed by atoms with Crippen LogP contribution >= 0.6 is 0 Å². The molecule has 0 saturated carbocycles. The SMILES string of the molecule is COc1cc2[nH]c3c(=O)n(CC(=O)N4CCN(c5ccccc5OC)CC4)cnc3c2cc1OC. The number of carbonyl (C=O) groups excluding carboxylic acids is 1. The zero-order valence-corrected chi connectivity index (χ0v) is 19.9. The average Bonchev–Trinajstić information content (AvgIpc) is 3.27. The Morgan fingerprint density at radius 3 is 2.37 bits per heavy atom. The first-order valence-corrected chi connectivity index (χ1v) is 11.3. The minimum Gasteiger partial charge on any atom is -0.495 e. The standard InChI is InChI=1S/C25H27N5O5/c1-33-19-7-5-4-6-18(19)28-8-10-29(11-9-28)22(31)14-30-15-26-23-16-12-20(34-2)21(35-3)13-17(16)27-24(23)25(30)32/h4-7,12-13,15,27H,8-11,14H2,1-3H3. The van der Waals surface area contributed by atoms with E-state index in [2.05, 4.69) is 14.9 Å². The van der Waals surface area contributed by atoms with Crippen molar-refractivity contribution in [3.63, 3.8) is 0 Å². The van der Waals surface area contributed by atoms with Crippen LogP contribution in [0.5, 0.6) is 17.2 Å². The first-order valence-electron chi connectivity index (χ1n) is 11.3. The Bertz CT molecular complexity index is 1450. The molecule has 10 heteroatoms. The number of aromatic nitrogens is 3. The molecule has 1 aliphatic heterocycles. The lowest BCUT2D eigenvalue weighted by Crippen LogP contribution is -2.50. The molecule has 0 atom stereocenters. The second-order valence-electron chi connectivity index (χ2n) is 8.32. The van der Waals surface area contributed by atoms with Gasteiger partial charge in [0.15, 0.2) is 11.5 Å². The van der Waals surface area contributed by atoms with Crippen LogP contribution in [0.15, 0.2) is 47.5 Å². The Labute approximate surface area is 201 Å². The zero-order valence-electron chi connectivity index (χ0n) is 19.9. The van der Waals surface area contributed by atoms with Crippen LogP contribution in [-0.4, -0.2) is 72.9 Å². The zero-order chi connectivity index (χ0) is 24.5. The van der Waals surface area contributed by atoms with Crippen molar-refractivity contribution in [3.05, 3.63) is 53.1 Å². The fourth-order valence-electron chi connectivity index (χ4n) is 4.57. The number of H-pyrrole nitrogens is 1. The molecular formula is C25H27N5O5. The van der Waals surface area contributed by atoms with Gasteiger partial charge in [-0.2, -0.15) is 0 Å². The number of nitrogens with one attached hydrogen (secondary N) is 1. The second-order valence-corrected chi connectivity index (χ2v) is 8.32. The van der Waals surface area contributed by atoms with Crippen LogP contribution < -0.4 is 24.7 Å². The second kappa shape index (κ2) is 9.21. The largest absolute Gasteiger partial charge is 0.495 e. The van der Waals surface area contributed by atoms with Gasteiger partial charge in [-0.3, -0.25) is 14.2 Å². The molecule has 4 aromatic rings. The number of para-hydroxylation sites is 2. The van der Waals surface area contributed by atoms with Crippen molar-refractivity contribution in [3.8, 4) is 17.2 Å². The van der Waals surface area contributed by atoms with E-state index in [4.69, 9.17) is 14.2 Å². The van der Waals surface area contributed by atoms with Crippen LogP contribution in [0.25, 0.3) is 21.9 Å². The number of nitrogens with zero attached hydrogens (tertiary/aromatic N) is 4. The number of rotatable bonds is 6. The Morgan fingerprint density at radius 1 is 0.971 bits per heavy atom. The summed E-state index contributed by atoms with van der Waals surface area (Å²) in [7, 11) is 4.77. The normalized spacial score (nSPS) is 13.9. The van der Waals surface area contributed by atoms with Crippen molar-refractivity contribution in [1.82, 2.24) is 19.4 Å². The predicted octanol–water partition coefficient (Wildman–Crippen LogP) is 2.25. The predicted molar refractivity (Wildman–Crippen MR) is 133 cm³/mol. The number of amides is 1. The quantitative estimate of drug-likeness (QED) is 0.455. The van der Waals surface area contributed by atoms with E-state index in [0.29, 0.717) is 54.2 Å². The fourth-order valence-corrected chi connectivity index (χ4v) is 4.57. The van der Waals surface area contributed by atoms with Crippen LogP contribution in [-0.2, 0) is 11.3 Å². The summed E-state index contributed by atoms with van der Waals surface area (Å²) in [6, 6.07) is 11.4. The summed E-state index contributed by atoms with van der Waals surface area (Å²) in [5.74, 6) is 1.79. The number of fused-ring (bicyclic) bond motifs is 3. The molecule has 0 spiro atoms. The highest BCUT2D eigenvalue weighted by Gasteiger charge is 2.24. The highest BCUT2D eigenvalue weighted by atomic mass is 16.5. The summed E-state index contributed by atoms with van der Waals surface area (Å²) in [5.41, 5.74) is 2.29. The molecule has 1 N–H and O–H groups in total. The van der Waals surface area contributed by atoms with E-state index in [0.717, 1.165) is 16.8 Å². The summed E-state index contributed by atoms with van der Waals surface area (Å²) in [4.78, 5) is 37.8. The molecule has 1 saturated heterocycles. The molecule has 1 aliphatic rings. The van der Waals surface area contributed by atoms with Crippen molar-refractivity contribution < 1.29 is 19.0 Å². The van der Waals surface area contributed by atoms with Gasteiger partial charge in [-0.25, -0.2) is 4.98 Å². The summed E-state index contributed by atoms with van der Waals surface area (Å²) in [5, 5.41) is 0.751. The van der Waals surface area contributed by atoms with Crippen molar-refractivity contribution in [1.29, 1.82) is 0 Å². The lowest BCUT2D eigenvalue weighted by Gasteiger charge is -2.36. The number of benzene rings is 2. The van der Waals surface area contributed by atoms with Crippen molar-refractivity contribution in [2.24, 2.45) is 0 Å². The minimum absolute atomic E-state index is 0.0710. The number of hydrogen-bond donors (Lipinski definition) is 1. The number of hydrogen-bond acceptors (Lipinski definition) is 7. The van der Waals surface area contributed by atoms with Gasteiger partial charge >= 0.3 is 0 Å².